The normalized spacial score (nSPS) is 11.4. The molecule has 0 unspecified atom stereocenters. The van der Waals surface area contributed by atoms with Crippen molar-refractivity contribution in [2.45, 2.75) is 12.2 Å². The Morgan fingerprint density at radius 3 is 2.19 bits per heavy atom. The van der Waals surface area contributed by atoms with Gasteiger partial charge in [0.1, 0.15) is 5.75 Å². The van der Waals surface area contributed by atoms with Crippen molar-refractivity contribution in [2.24, 2.45) is 0 Å². The third-order valence-electron chi connectivity index (χ3n) is 2.21. The quantitative estimate of drug-likeness (QED) is 0.334. The van der Waals surface area contributed by atoms with E-state index in [1.54, 1.807) is 0 Å². The van der Waals surface area contributed by atoms with Crippen molar-refractivity contribution in [2.75, 3.05) is 13.9 Å². The van der Waals surface area contributed by atoms with Crippen LogP contribution in [0.5, 0.6) is 5.75 Å². The number of alkyl halides is 2. The van der Waals surface area contributed by atoms with Crippen LogP contribution in [0.25, 0.3) is 0 Å². The van der Waals surface area contributed by atoms with Crippen LogP contribution in [-0.4, -0.2) is 57.8 Å². The predicted molar refractivity (Wildman–Crippen MR) is 70.7 cm³/mol. The Hall–Kier alpha value is -0.740. The fourth-order valence-electron chi connectivity index (χ4n) is 1.17. The van der Waals surface area contributed by atoms with E-state index in [1.807, 2.05) is 0 Å². The van der Waals surface area contributed by atoms with E-state index >= 15 is 0 Å². The second-order valence-electron chi connectivity index (χ2n) is 3.57. The van der Waals surface area contributed by atoms with Crippen LogP contribution in [0.15, 0.2) is 24.3 Å². The molecule has 0 heterocycles. The van der Waals surface area contributed by atoms with Crippen LogP contribution >= 0.6 is 0 Å². The molecule has 0 aromatic heterocycles. The van der Waals surface area contributed by atoms with Crippen LogP contribution in [0.1, 0.15) is 12.5 Å². The molecule has 0 saturated carbocycles. The number of hydrogen-bond donors (Lipinski definition) is 0. The van der Waals surface area contributed by atoms with Crippen LogP contribution in [0, 0.1) is 0 Å². The minimum absolute atomic E-state index is 0. The standard InChI is InChI=1S/C11H12F2O6S.Na.H/c1-8(14)18-7-19-20(15,16)11(12,13)9-3-5-10(17-2)6-4-9;;/h3-6H,7H2,1-2H3;;. The van der Waals surface area contributed by atoms with Gasteiger partial charge in [0.05, 0.1) is 7.11 Å². The Labute approximate surface area is 142 Å². The molecule has 6 nitrogen and oxygen atoms in total. The molecule has 0 aliphatic heterocycles. The molecular weight excluding hydrogens is 321 g/mol. The predicted octanol–water partition coefficient (Wildman–Crippen LogP) is 0.963. The van der Waals surface area contributed by atoms with E-state index < -0.39 is 33.7 Å². The van der Waals surface area contributed by atoms with Crippen molar-refractivity contribution >= 4 is 45.6 Å². The molecule has 1 aromatic rings. The Morgan fingerprint density at radius 2 is 1.76 bits per heavy atom. The molecule has 1 rings (SSSR count). The molecule has 0 fully saturated rings. The second-order valence-corrected chi connectivity index (χ2v) is 5.23. The molecule has 0 atom stereocenters. The maximum atomic E-state index is 13.8. The molecule has 10 heteroatoms. The summed E-state index contributed by atoms with van der Waals surface area (Å²) in [5.74, 6) is -0.559. The fraction of sp³-hybridized carbons (Fsp3) is 0.364. The Bertz CT molecular complexity index is 573. The van der Waals surface area contributed by atoms with Crippen LogP contribution in [0.4, 0.5) is 8.78 Å². The Balaban J connectivity index is 0.00000400. The second kappa shape index (κ2) is 8.04. The molecule has 0 saturated heterocycles. The fourth-order valence-corrected chi connectivity index (χ4v) is 1.92. The number of rotatable bonds is 6. The molecule has 0 N–H and O–H groups in total. The van der Waals surface area contributed by atoms with Gasteiger partial charge in [-0.05, 0) is 24.3 Å². The molecular formula is C11H13F2NaO6S. The molecule has 1 aromatic carbocycles. The summed E-state index contributed by atoms with van der Waals surface area (Å²) in [6.07, 6.45) is 0. The number of ether oxygens (including phenoxy) is 2. The molecule has 0 aliphatic carbocycles. The summed E-state index contributed by atoms with van der Waals surface area (Å²) < 4.78 is 63.3. The number of halogens is 2. The number of methoxy groups -OCH3 is 1. The van der Waals surface area contributed by atoms with E-state index in [2.05, 4.69) is 8.92 Å². The van der Waals surface area contributed by atoms with Gasteiger partial charge in [-0.2, -0.15) is 17.2 Å². The monoisotopic (exact) mass is 334 g/mol. The maximum absolute atomic E-state index is 13.8. The van der Waals surface area contributed by atoms with Gasteiger partial charge in [0.15, 0.2) is 0 Å². The summed E-state index contributed by atoms with van der Waals surface area (Å²) in [6.45, 7) is -0.124. The van der Waals surface area contributed by atoms with Crippen molar-refractivity contribution < 1.29 is 35.6 Å². The van der Waals surface area contributed by atoms with Crippen molar-refractivity contribution in [1.82, 2.24) is 0 Å². The zero-order chi connectivity index (χ0) is 15.4. The molecule has 114 valence electrons. The average molecular weight is 334 g/mol. The summed E-state index contributed by atoms with van der Waals surface area (Å²) in [6, 6.07) is 4.16. The summed E-state index contributed by atoms with van der Waals surface area (Å²) in [7, 11) is -3.94. The first-order chi connectivity index (χ1) is 9.20. The molecule has 21 heavy (non-hydrogen) atoms. The Morgan fingerprint density at radius 1 is 1.24 bits per heavy atom. The number of hydrogen-bond acceptors (Lipinski definition) is 6. The van der Waals surface area contributed by atoms with E-state index in [-0.39, 0.29) is 29.6 Å². The first-order valence-corrected chi connectivity index (χ1v) is 6.66. The summed E-state index contributed by atoms with van der Waals surface area (Å²) in [5, 5.41) is -4.28. The number of carbonyl (C=O) groups excluding carboxylic acids is 1. The van der Waals surface area contributed by atoms with Crippen LogP contribution in [-0.2, 0) is 29.1 Å². The van der Waals surface area contributed by atoms with Crippen LogP contribution in [0.3, 0.4) is 0 Å². The van der Waals surface area contributed by atoms with Gasteiger partial charge in [0, 0.05) is 12.5 Å². The van der Waals surface area contributed by atoms with Crippen LogP contribution in [0.2, 0.25) is 0 Å². The van der Waals surface area contributed by atoms with E-state index in [0.717, 1.165) is 19.1 Å². The van der Waals surface area contributed by atoms with Crippen molar-refractivity contribution in [3.63, 3.8) is 0 Å². The molecule has 0 bridgehead atoms. The van der Waals surface area contributed by atoms with E-state index in [0.29, 0.717) is 5.75 Å². The number of esters is 1. The zero-order valence-electron chi connectivity index (χ0n) is 10.6. The first kappa shape index (κ1) is 20.3. The SMILES string of the molecule is COc1ccc(C(F)(F)S(=O)(=O)OCOC(C)=O)cc1.[NaH]. The van der Waals surface area contributed by atoms with Gasteiger partial charge < -0.3 is 9.47 Å². The zero-order valence-corrected chi connectivity index (χ0v) is 11.4. The topological polar surface area (TPSA) is 78.9 Å². The van der Waals surface area contributed by atoms with Gasteiger partial charge >= 0.3 is 50.9 Å². The summed E-state index contributed by atoms with van der Waals surface area (Å²) >= 11 is 0. The minimum atomic E-state index is -5.28. The third kappa shape index (κ3) is 5.19. The molecule has 0 aliphatic rings. The summed E-state index contributed by atoms with van der Waals surface area (Å²) in [5.41, 5.74) is -0.791. The average Bonchev–Trinajstić information content (AvgIpc) is 2.38. The van der Waals surface area contributed by atoms with Gasteiger partial charge in [0.2, 0.25) is 6.79 Å². The molecule has 0 amide bonds. The van der Waals surface area contributed by atoms with E-state index in [4.69, 9.17) is 4.74 Å². The summed E-state index contributed by atoms with van der Waals surface area (Å²) in [4.78, 5) is 10.4. The Kier molecular flexibility index (Phi) is 7.76. The van der Waals surface area contributed by atoms with Gasteiger partial charge in [-0.1, -0.05) is 0 Å². The van der Waals surface area contributed by atoms with Gasteiger partial charge in [-0.25, -0.2) is 4.18 Å². The van der Waals surface area contributed by atoms with Crippen molar-refractivity contribution in [3.8, 4) is 5.75 Å². The van der Waals surface area contributed by atoms with Crippen molar-refractivity contribution in [1.29, 1.82) is 0 Å². The van der Waals surface area contributed by atoms with Crippen molar-refractivity contribution in [3.05, 3.63) is 29.8 Å². The molecule has 0 spiro atoms. The first-order valence-electron chi connectivity index (χ1n) is 5.25. The van der Waals surface area contributed by atoms with E-state index in [1.165, 1.54) is 19.2 Å². The number of benzene rings is 1. The van der Waals surface area contributed by atoms with Gasteiger partial charge in [0.25, 0.3) is 0 Å². The van der Waals surface area contributed by atoms with Gasteiger partial charge in [-0.15, -0.1) is 0 Å². The van der Waals surface area contributed by atoms with Gasteiger partial charge in [-0.3, -0.25) is 4.79 Å². The molecule has 0 radical (unpaired) electrons. The number of carbonyl (C=O) groups is 1. The third-order valence-corrected chi connectivity index (χ3v) is 3.48. The van der Waals surface area contributed by atoms with E-state index in [9.17, 15) is 22.0 Å². The van der Waals surface area contributed by atoms with Crippen LogP contribution < -0.4 is 4.74 Å².